The molecule has 0 fully saturated rings. The lowest BCUT2D eigenvalue weighted by molar-refractivity contribution is -0.139. The zero-order valence-electron chi connectivity index (χ0n) is 8.70. The fraction of sp³-hybridized carbons (Fsp3) is 0.600. The number of esters is 1. The molecule has 0 saturated carbocycles. The predicted octanol–water partition coefficient (Wildman–Crippen LogP) is 1.61. The number of carbonyl (C=O) groups is 1. The van der Waals surface area contributed by atoms with Gasteiger partial charge in [0.05, 0.1) is 0 Å². The van der Waals surface area contributed by atoms with Gasteiger partial charge in [0.25, 0.3) is 0 Å². The predicted molar refractivity (Wildman–Crippen MR) is 53.5 cm³/mol. The van der Waals surface area contributed by atoms with Crippen LogP contribution in [0, 0.1) is 0 Å². The van der Waals surface area contributed by atoms with Crippen LogP contribution in [-0.2, 0) is 9.53 Å². The number of rotatable bonds is 3. The molecule has 0 aromatic carbocycles. The average Bonchev–Trinajstić information content (AvgIpc) is 2.38. The van der Waals surface area contributed by atoms with E-state index in [-0.39, 0.29) is 11.3 Å². The van der Waals surface area contributed by atoms with Crippen LogP contribution in [0.5, 0.6) is 0 Å². The third kappa shape index (κ3) is 1.95. The summed E-state index contributed by atoms with van der Waals surface area (Å²) in [7, 11) is 0. The number of nitrogens with zero attached hydrogens (tertiary/aromatic N) is 1. The van der Waals surface area contributed by atoms with Crippen LogP contribution < -0.4 is 0 Å². The quantitative estimate of drug-likeness (QED) is 0.552. The summed E-state index contributed by atoms with van der Waals surface area (Å²) >= 11 is 0. The Morgan fingerprint density at radius 1 is 1.64 bits per heavy atom. The molecular weight excluding hydrogens is 182 g/mol. The highest BCUT2D eigenvalue weighted by atomic mass is 16.6. The molecule has 0 aliphatic carbocycles. The van der Waals surface area contributed by atoms with Crippen LogP contribution in [0.3, 0.4) is 0 Å². The van der Waals surface area contributed by atoms with Crippen molar-refractivity contribution in [1.29, 1.82) is 0 Å². The Labute approximate surface area is 83.3 Å². The first-order chi connectivity index (χ1) is 6.57. The molecule has 1 atom stereocenters. The van der Waals surface area contributed by atoms with E-state index in [1.807, 2.05) is 6.92 Å². The third-order valence-corrected chi connectivity index (χ3v) is 2.06. The summed E-state index contributed by atoms with van der Waals surface area (Å²) < 4.78 is 4.84. The van der Waals surface area contributed by atoms with Crippen molar-refractivity contribution >= 4 is 11.7 Å². The van der Waals surface area contributed by atoms with E-state index in [9.17, 15) is 9.90 Å². The first-order valence-corrected chi connectivity index (χ1v) is 4.73. The van der Waals surface area contributed by atoms with E-state index >= 15 is 0 Å². The molecule has 0 radical (unpaired) electrons. The third-order valence-electron chi connectivity index (χ3n) is 2.06. The van der Waals surface area contributed by atoms with E-state index < -0.39 is 12.1 Å². The molecule has 0 spiro atoms. The number of aliphatic hydroxyl groups excluding tert-OH is 1. The molecule has 4 heteroatoms. The van der Waals surface area contributed by atoms with Crippen molar-refractivity contribution in [3.05, 3.63) is 11.3 Å². The zero-order valence-corrected chi connectivity index (χ0v) is 8.70. The lowest BCUT2D eigenvalue weighted by Crippen LogP contribution is -2.08. The van der Waals surface area contributed by atoms with Gasteiger partial charge in [-0.3, -0.25) is 4.99 Å². The number of carbonyl (C=O) groups excluding carboxylic acids is 1. The second-order valence-electron chi connectivity index (χ2n) is 3.27. The first-order valence-electron chi connectivity index (χ1n) is 4.73. The molecule has 1 heterocycles. The van der Waals surface area contributed by atoms with Crippen LogP contribution >= 0.6 is 0 Å². The van der Waals surface area contributed by atoms with Gasteiger partial charge in [0.1, 0.15) is 11.3 Å². The van der Waals surface area contributed by atoms with Gasteiger partial charge in [0, 0.05) is 12.3 Å². The molecule has 0 aromatic heterocycles. The van der Waals surface area contributed by atoms with Gasteiger partial charge < -0.3 is 9.84 Å². The maximum absolute atomic E-state index is 11.3. The summed E-state index contributed by atoms with van der Waals surface area (Å²) in [5.41, 5.74) is 0.782. The highest BCUT2D eigenvalue weighted by Gasteiger charge is 2.32. The van der Waals surface area contributed by atoms with Crippen LogP contribution in [0.15, 0.2) is 16.3 Å². The Kier molecular flexibility index (Phi) is 3.28. The fourth-order valence-electron chi connectivity index (χ4n) is 1.27. The van der Waals surface area contributed by atoms with E-state index in [4.69, 9.17) is 4.74 Å². The molecule has 1 aliphatic rings. The van der Waals surface area contributed by atoms with E-state index in [1.165, 1.54) is 0 Å². The van der Waals surface area contributed by atoms with Gasteiger partial charge in [-0.2, -0.15) is 0 Å². The van der Waals surface area contributed by atoms with Gasteiger partial charge in [0.2, 0.25) is 0 Å². The highest BCUT2D eigenvalue weighted by molar-refractivity contribution is 6.20. The molecule has 0 bridgehead atoms. The van der Waals surface area contributed by atoms with Crippen LogP contribution in [0.1, 0.15) is 27.2 Å². The maximum Gasteiger partial charge on any atom is 0.344 e. The van der Waals surface area contributed by atoms with E-state index in [0.717, 1.165) is 6.42 Å². The van der Waals surface area contributed by atoms with Crippen molar-refractivity contribution in [2.45, 2.75) is 33.3 Å². The normalized spacial score (nSPS) is 22.9. The van der Waals surface area contributed by atoms with Crippen LogP contribution in [-0.4, -0.2) is 29.4 Å². The highest BCUT2D eigenvalue weighted by Crippen LogP contribution is 2.21. The van der Waals surface area contributed by atoms with Crippen molar-refractivity contribution in [2.24, 2.45) is 4.99 Å². The molecule has 1 N–H and O–H groups in total. The van der Waals surface area contributed by atoms with Gasteiger partial charge in [-0.05, 0) is 20.3 Å². The summed E-state index contributed by atoms with van der Waals surface area (Å²) in [6.07, 6.45) is 0.375. The SMILES string of the molecule is CCCN=C(C)C1=C(O)[C@@H](C)OC1=O. The molecular formula is C10H15NO3. The second kappa shape index (κ2) is 4.26. The number of hydrogen-bond donors (Lipinski definition) is 1. The minimum absolute atomic E-state index is 0.00708. The van der Waals surface area contributed by atoms with E-state index in [0.29, 0.717) is 12.3 Å². The van der Waals surface area contributed by atoms with Gasteiger partial charge in [-0.25, -0.2) is 4.79 Å². The van der Waals surface area contributed by atoms with Crippen molar-refractivity contribution in [3.63, 3.8) is 0 Å². The van der Waals surface area contributed by atoms with Crippen molar-refractivity contribution in [2.75, 3.05) is 6.54 Å². The summed E-state index contributed by atoms with van der Waals surface area (Å²) in [4.78, 5) is 15.4. The molecule has 0 aromatic rings. The number of cyclic esters (lactones) is 1. The van der Waals surface area contributed by atoms with Crippen molar-refractivity contribution in [3.8, 4) is 0 Å². The monoisotopic (exact) mass is 197 g/mol. The fourth-order valence-corrected chi connectivity index (χ4v) is 1.27. The van der Waals surface area contributed by atoms with Gasteiger partial charge in [-0.15, -0.1) is 0 Å². The zero-order chi connectivity index (χ0) is 10.7. The van der Waals surface area contributed by atoms with E-state index in [2.05, 4.69) is 4.99 Å². The topological polar surface area (TPSA) is 58.9 Å². The van der Waals surface area contributed by atoms with Crippen molar-refractivity contribution in [1.82, 2.24) is 0 Å². The minimum atomic E-state index is -0.538. The maximum atomic E-state index is 11.3. The molecule has 1 rings (SSSR count). The van der Waals surface area contributed by atoms with Gasteiger partial charge >= 0.3 is 5.97 Å². The first kappa shape index (κ1) is 10.8. The van der Waals surface area contributed by atoms with Crippen LogP contribution in [0.4, 0.5) is 0 Å². The Bertz CT molecular complexity index is 304. The molecule has 0 saturated heterocycles. The molecule has 0 unspecified atom stereocenters. The Morgan fingerprint density at radius 3 is 2.71 bits per heavy atom. The van der Waals surface area contributed by atoms with Gasteiger partial charge in [0.15, 0.2) is 6.10 Å². The largest absolute Gasteiger partial charge is 0.507 e. The summed E-state index contributed by atoms with van der Waals surface area (Å²) in [5, 5.41) is 9.55. The lowest BCUT2D eigenvalue weighted by atomic mass is 10.1. The Hall–Kier alpha value is -1.32. The molecule has 4 nitrogen and oxygen atoms in total. The molecule has 78 valence electrons. The number of aliphatic imine (C=N–C) groups is 1. The summed E-state index contributed by atoms with van der Waals surface area (Å²) in [6.45, 7) is 6.00. The second-order valence-corrected chi connectivity index (χ2v) is 3.27. The average molecular weight is 197 g/mol. The smallest absolute Gasteiger partial charge is 0.344 e. The van der Waals surface area contributed by atoms with Crippen LogP contribution in [0.25, 0.3) is 0 Å². The Balaban J connectivity index is 2.91. The lowest BCUT2D eigenvalue weighted by Gasteiger charge is -1.99. The van der Waals surface area contributed by atoms with E-state index in [1.54, 1.807) is 13.8 Å². The number of ether oxygens (including phenoxy) is 1. The Morgan fingerprint density at radius 2 is 2.29 bits per heavy atom. The number of hydrogen-bond acceptors (Lipinski definition) is 4. The van der Waals surface area contributed by atoms with Crippen LogP contribution in [0.2, 0.25) is 0 Å². The minimum Gasteiger partial charge on any atom is -0.507 e. The van der Waals surface area contributed by atoms with Crippen molar-refractivity contribution < 1.29 is 14.6 Å². The molecule has 0 amide bonds. The molecule has 14 heavy (non-hydrogen) atoms. The number of aliphatic hydroxyl groups is 1. The summed E-state index contributed by atoms with van der Waals surface area (Å²) in [5.74, 6) is -0.486. The molecule has 1 aliphatic heterocycles. The standard InChI is InChI=1S/C10H15NO3/c1-4-5-11-6(2)8-9(12)7(3)14-10(8)13/h7,12H,4-5H2,1-3H3/t7-/m1/s1. The van der Waals surface area contributed by atoms with Gasteiger partial charge in [-0.1, -0.05) is 6.92 Å². The summed E-state index contributed by atoms with van der Waals surface area (Å²) in [6, 6.07) is 0.